The fourth-order valence-electron chi connectivity index (χ4n) is 3.25. The minimum absolute atomic E-state index is 0.0796. The summed E-state index contributed by atoms with van der Waals surface area (Å²) in [4.78, 5) is 14.6. The van der Waals surface area contributed by atoms with Crippen molar-refractivity contribution < 1.29 is 22.7 Å². The van der Waals surface area contributed by atoms with Gasteiger partial charge in [0.2, 0.25) is 16.8 Å². The van der Waals surface area contributed by atoms with Crippen LogP contribution in [0.5, 0.6) is 11.5 Å². The molecule has 0 unspecified atom stereocenters. The minimum Gasteiger partial charge on any atom is -0.454 e. The van der Waals surface area contributed by atoms with Gasteiger partial charge in [-0.1, -0.05) is 6.07 Å². The third-order valence-electron chi connectivity index (χ3n) is 4.77. The molecular formula is C19H17N3O5S. The summed E-state index contributed by atoms with van der Waals surface area (Å²) in [6.45, 7) is 1.02. The number of ether oxygens (including phenoxy) is 2. The summed E-state index contributed by atoms with van der Waals surface area (Å²) < 4.78 is 37.6. The topological polar surface area (TPSA) is 99.9 Å². The summed E-state index contributed by atoms with van der Waals surface area (Å²) in [6, 6.07) is 12.9. The molecule has 4 rings (SSSR count). The Bertz CT molecular complexity index is 1050. The Kier molecular flexibility index (Phi) is 4.66. The molecule has 2 heterocycles. The van der Waals surface area contributed by atoms with E-state index in [0.29, 0.717) is 22.6 Å². The maximum atomic E-state index is 12.8. The fourth-order valence-corrected chi connectivity index (χ4v) is 4.67. The molecule has 0 aliphatic carbocycles. The van der Waals surface area contributed by atoms with E-state index in [4.69, 9.17) is 14.7 Å². The van der Waals surface area contributed by atoms with Gasteiger partial charge in [0.15, 0.2) is 11.5 Å². The van der Waals surface area contributed by atoms with Crippen LogP contribution in [-0.2, 0) is 10.0 Å². The predicted octanol–water partition coefficient (Wildman–Crippen LogP) is 1.43. The van der Waals surface area contributed by atoms with Gasteiger partial charge in [-0.3, -0.25) is 4.79 Å². The molecule has 1 saturated heterocycles. The highest BCUT2D eigenvalue weighted by Crippen LogP contribution is 2.36. The molecule has 0 N–H and O–H groups in total. The standard InChI is InChI=1S/C19H17N3O5S/c20-12-14-4-6-15(7-5-14)28(24,25)22-10-8-21(9-11-22)19(23)16-2-1-3-17-18(16)27-13-26-17/h1-7H,8-11,13H2. The number of nitrogens with zero attached hydrogens (tertiary/aromatic N) is 3. The van der Waals surface area contributed by atoms with Crippen molar-refractivity contribution in [2.45, 2.75) is 4.90 Å². The van der Waals surface area contributed by atoms with E-state index >= 15 is 0 Å². The van der Waals surface area contributed by atoms with Crippen LogP contribution < -0.4 is 9.47 Å². The summed E-state index contributed by atoms with van der Waals surface area (Å²) in [6.07, 6.45) is 0. The van der Waals surface area contributed by atoms with Gasteiger partial charge < -0.3 is 14.4 Å². The lowest BCUT2D eigenvalue weighted by Crippen LogP contribution is -2.50. The van der Waals surface area contributed by atoms with Crippen molar-refractivity contribution in [3.63, 3.8) is 0 Å². The number of carbonyl (C=O) groups is 1. The molecule has 0 atom stereocenters. The first-order valence-corrected chi connectivity index (χ1v) is 10.1. The molecule has 8 nitrogen and oxygen atoms in total. The van der Waals surface area contributed by atoms with E-state index in [-0.39, 0.29) is 43.8 Å². The van der Waals surface area contributed by atoms with Crippen LogP contribution >= 0.6 is 0 Å². The number of para-hydroxylation sites is 1. The normalized spacial score (nSPS) is 16.6. The molecule has 0 bridgehead atoms. The fraction of sp³-hybridized carbons (Fsp3) is 0.263. The number of hydrogen-bond acceptors (Lipinski definition) is 6. The van der Waals surface area contributed by atoms with Crippen LogP contribution in [0, 0.1) is 11.3 Å². The summed E-state index contributed by atoms with van der Waals surface area (Å²) in [5, 5.41) is 8.85. The SMILES string of the molecule is N#Cc1ccc(S(=O)(=O)N2CCN(C(=O)c3cccc4c3OCO4)CC2)cc1. The number of sulfonamides is 1. The van der Waals surface area contributed by atoms with Gasteiger partial charge in [0.05, 0.1) is 22.1 Å². The van der Waals surface area contributed by atoms with Crippen molar-refractivity contribution in [3.05, 3.63) is 53.6 Å². The van der Waals surface area contributed by atoms with Crippen LogP contribution in [0.15, 0.2) is 47.4 Å². The van der Waals surface area contributed by atoms with E-state index in [1.807, 2.05) is 6.07 Å². The van der Waals surface area contributed by atoms with Crippen molar-refractivity contribution in [2.24, 2.45) is 0 Å². The van der Waals surface area contributed by atoms with Gasteiger partial charge in [-0.2, -0.15) is 9.57 Å². The number of rotatable bonds is 3. The number of fused-ring (bicyclic) bond motifs is 1. The molecule has 9 heteroatoms. The quantitative estimate of drug-likeness (QED) is 0.774. The van der Waals surface area contributed by atoms with Crippen LogP contribution in [0.1, 0.15) is 15.9 Å². The zero-order valence-electron chi connectivity index (χ0n) is 14.9. The second kappa shape index (κ2) is 7.14. The van der Waals surface area contributed by atoms with Crippen molar-refractivity contribution in [2.75, 3.05) is 33.0 Å². The van der Waals surface area contributed by atoms with Gasteiger partial charge in [-0.25, -0.2) is 8.42 Å². The minimum atomic E-state index is -3.67. The van der Waals surface area contributed by atoms with Crippen LogP contribution in [0.25, 0.3) is 0 Å². The number of piperazine rings is 1. The smallest absolute Gasteiger partial charge is 0.257 e. The molecule has 0 spiro atoms. The zero-order chi connectivity index (χ0) is 19.7. The zero-order valence-corrected chi connectivity index (χ0v) is 15.7. The van der Waals surface area contributed by atoms with Crippen molar-refractivity contribution >= 4 is 15.9 Å². The predicted molar refractivity (Wildman–Crippen MR) is 98.4 cm³/mol. The molecule has 1 fully saturated rings. The molecule has 0 aromatic heterocycles. The first kappa shape index (κ1) is 18.3. The largest absolute Gasteiger partial charge is 0.454 e. The summed E-state index contributed by atoms with van der Waals surface area (Å²) in [7, 11) is -3.67. The van der Waals surface area contributed by atoms with E-state index < -0.39 is 10.0 Å². The van der Waals surface area contributed by atoms with E-state index in [1.54, 1.807) is 23.1 Å². The van der Waals surface area contributed by atoms with Crippen molar-refractivity contribution in [3.8, 4) is 17.6 Å². The van der Waals surface area contributed by atoms with Crippen LogP contribution in [0.3, 0.4) is 0 Å². The molecule has 0 saturated carbocycles. The van der Waals surface area contributed by atoms with E-state index in [0.717, 1.165) is 0 Å². The average Bonchev–Trinajstić information content (AvgIpc) is 3.22. The molecule has 2 aromatic carbocycles. The average molecular weight is 399 g/mol. The number of nitriles is 1. The van der Waals surface area contributed by atoms with Gasteiger partial charge in [0.1, 0.15) is 0 Å². The molecule has 1 amide bonds. The highest BCUT2D eigenvalue weighted by Gasteiger charge is 2.32. The summed E-state index contributed by atoms with van der Waals surface area (Å²) in [5.74, 6) is 0.755. The Morgan fingerprint density at radius 3 is 2.39 bits per heavy atom. The van der Waals surface area contributed by atoms with Crippen molar-refractivity contribution in [1.82, 2.24) is 9.21 Å². The maximum Gasteiger partial charge on any atom is 0.257 e. The van der Waals surface area contributed by atoms with Gasteiger partial charge in [-0.15, -0.1) is 0 Å². The molecule has 2 aliphatic heterocycles. The number of hydrogen-bond donors (Lipinski definition) is 0. The molecule has 0 radical (unpaired) electrons. The van der Waals surface area contributed by atoms with Crippen LogP contribution in [0.2, 0.25) is 0 Å². The van der Waals surface area contributed by atoms with E-state index in [1.165, 1.54) is 28.6 Å². The lowest BCUT2D eigenvalue weighted by molar-refractivity contribution is 0.0693. The first-order chi connectivity index (χ1) is 13.5. The van der Waals surface area contributed by atoms with Gasteiger partial charge >= 0.3 is 0 Å². The van der Waals surface area contributed by atoms with Crippen LogP contribution in [-0.4, -0.2) is 56.5 Å². The third kappa shape index (κ3) is 3.17. The highest BCUT2D eigenvalue weighted by atomic mass is 32.2. The maximum absolute atomic E-state index is 12.8. The van der Waals surface area contributed by atoms with E-state index in [2.05, 4.69) is 0 Å². The van der Waals surface area contributed by atoms with Gasteiger partial charge in [-0.05, 0) is 36.4 Å². The Balaban J connectivity index is 1.46. The molecule has 144 valence electrons. The van der Waals surface area contributed by atoms with Gasteiger partial charge in [0, 0.05) is 26.2 Å². The second-order valence-corrected chi connectivity index (χ2v) is 8.31. The molecule has 28 heavy (non-hydrogen) atoms. The first-order valence-electron chi connectivity index (χ1n) is 8.69. The lowest BCUT2D eigenvalue weighted by Gasteiger charge is -2.34. The van der Waals surface area contributed by atoms with E-state index in [9.17, 15) is 13.2 Å². The molecule has 2 aromatic rings. The lowest BCUT2D eigenvalue weighted by atomic mass is 10.1. The number of carbonyl (C=O) groups excluding carboxylic acids is 1. The number of amides is 1. The Hall–Kier alpha value is -3.09. The van der Waals surface area contributed by atoms with Gasteiger partial charge in [0.25, 0.3) is 5.91 Å². The second-order valence-electron chi connectivity index (χ2n) is 6.37. The Labute approximate surface area is 162 Å². The van der Waals surface area contributed by atoms with Crippen LogP contribution in [0.4, 0.5) is 0 Å². The monoisotopic (exact) mass is 399 g/mol. The summed E-state index contributed by atoms with van der Waals surface area (Å²) in [5.41, 5.74) is 0.814. The third-order valence-corrected chi connectivity index (χ3v) is 6.69. The number of benzene rings is 2. The highest BCUT2D eigenvalue weighted by molar-refractivity contribution is 7.89. The van der Waals surface area contributed by atoms with Crippen molar-refractivity contribution in [1.29, 1.82) is 5.26 Å². The molecular weight excluding hydrogens is 382 g/mol. The Morgan fingerprint density at radius 1 is 1.00 bits per heavy atom. The summed E-state index contributed by atoms with van der Waals surface area (Å²) >= 11 is 0. The molecule has 2 aliphatic rings. The Morgan fingerprint density at radius 2 is 1.71 bits per heavy atom.